The molecular formula is C28H32ClN3O6S2. The van der Waals surface area contributed by atoms with Crippen molar-refractivity contribution in [2.75, 3.05) is 37.1 Å². The van der Waals surface area contributed by atoms with E-state index >= 15 is 0 Å². The normalized spacial score (nSPS) is 14.4. The van der Waals surface area contributed by atoms with E-state index in [1.54, 1.807) is 49.4 Å². The largest absolute Gasteiger partial charge is 0.492 e. The number of nitrogens with one attached hydrogen (secondary N) is 1. The third-order valence-electron chi connectivity index (χ3n) is 6.53. The Morgan fingerprint density at radius 3 is 2.27 bits per heavy atom. The second kappa shape index (κ2) is 13.0. The lowest BCUT2D eigenvalue weighted by molar-refractivity contribution is -0.119. The van der Waals surface area contributed by atoms with Crippen LogP contribution in [-0.4, -0.2) is 59.8 Å². The van der Waals surface area contributed by atoms with Crippen LogP contribution in [0.5, 0.6) is 5.75 Å². The Kier molecular flexibility index (Phi) is 9.72. The Bertz CT molecular complexity index is 1530. The maximum absolute atomic E-state index is 13.5. The van der Waals surface area contributed by atoms with E-state index in [9.17, 15) is 21.6 Å². The molecule has 12 heteroatoms. The Morgan fingerprint density at radius 1 is 0.925 bits per heavy atom. The second-order valence-electron chi connectivity index (χ2n) is 9.39. The molecule has 0 aliphatic carbocycles. The lowest BCUT2D eigenvalue weighted by Gasteiger charge is -2.26. The number of hydrogen-bond acceptors (Lipinski definition) is 6. The number of carbonyl (C=O) groups excluding carboxylic acids is 1. The number of amides is 1. The summed E-state index contributed by atoms with van der Waals surface area (Å²) < 4.78 is 60.8. The molecular weight excluding hydrogens is 574 g/mol. The highest BCUT2D eigenvalue weighted by Gasteiger charge is 2.29. The lowest BCUT2D eigenvalue weighted by atomic mass is 10.2. The van der Waals surface area contributed by atoms with E-state index < -0.39 is 32.5 Å². The average molecular weight is 606 g/mol. The monoisotopic (exact) mass is 605 g/mol. The molecule has 0 atom stereocenters. The number of aryl methyl sites for hydroxylation is 1. The summed E-state index contributed by atoms with van der Waals surface area (Å²) in [6, 6.07) is 18.9. The Hall–Kier alpha value is -3.12. The molecule has 1 saturated heterocycles. The standard InChI is InChI=1S/C28H32ClN3O6S2/c1-22-10-11-23(29)20-27(22)32(40(36,37)25-8-4-2-5-9-25)21-28(33)30-16-19-38-24-12-14-26(15-13-24)39(34,35)31-17-6-3-7-18-31/h2,4-5,8-15,20H,3,6-7,16-19,21H2,1H3,(H,30,33). The van der Waals surface area contributed by atoms with Crippen LogP contribution in [0.25, 0.3) is 0 Å². The fraction of sp³-hybridized carbons (Fsp3) is 0.321. The summed E-state index contributed by atoms with van der Waals surface area (Å²) in [7, 11) is -7.59. The van der Waals surface area contributed by atoms with Crippen LogP contribution in [0.3, 0.4) is 0 Å². The summed E-state index contributed by atoms with van der Waals surface area (Å²) in [5.41, 5.74) is 0.952. The zero-order chi connectivity index (χ0) is 28.8. The van der Waals surface area contributed by atoms with Crippen molar-refractivity contribution in [3.63, 3.8) is 0 Å². The first-order valence-corrected chi connectivity index (χ1v) is 16.2. The summed E-state index contributed by atoms with van der Waals surface area (Å²) in [5.74, 6) is -0.0693. The summed E-state index contributed by atoms with van der Waals surface area (Å²) in [5, 5.41) is 3.03. The number of benzene rings is 3. The SMILES string of the molecule is Cc1ccc(Cl)cc1N(CC(=O)NCCOc1ccc(S(=O)(=O)N2CCCCC2)cc1)S(=O)(=O)c1ccccc1. The average Bonchev–Trinajstić information content (AvgIpc) is 2.96. The van der Waals surface area contributed by atoms with E-state index in [4.69, 9.17) is 16.3 Å². The predicted octanol–water partition coefficient (Wildman–Crippen LogP) is 4.21. The molecule has 0 radical (unpaired) electrons. The van der Waals surface area contributed by atoms with E-state index in [2.05, 4.69) is 5.32 Å². The molecule has 0 aromatic heterocycles. The molecule has 0 saturated carbocycles. The molecule has 0 unspecified atom stereocenters. The molecule has 1 heterocycles. The first-order valence-electron chi connectivity index (χ1n) is 12.9. The third-order valence-corrected chi connectivity index (χ3v) is 10.4. The molecule has 1 aliphatic heterocycles. The second-order valence-corrected chi connectivity index (χ2v) is 13.6. The number of anilines is 1. The van der Waals surface area contributed by atoms with Gasteiger partial charge < -0.3 is 10.1 Å². The van der Waals surface area contributed by atoms with Gasteiger partial charge in [-0.05, 0) is 73.9 Å². The molecule has 4 rings (SSSR count). The predicted molar refractivity (Wildman–Crippen MR) is 155 cm³/mol. The number of piperidine rings is 1. The highest BCUT2D eigenvalue weighted by Crippen LogP contribution is 2.29. The number of halogens is 1. The summed E-state index contributed by atoms with van der Waals surface area (Å²) in [6.45, 7) is 2.56. The molecule has 3 aromatic carbocycles. The highest BCUT2D eigenvalue weighted by atomic mass is 35.5. The van der Waals surface area contributed by atoms with Crippen LogP contribution in [0.1, 0.15) is 24.8 Å². The maximum atomic E-state index is 13.5. The number of rotatable bonds is 11. The van der Waals surface area contributed by atoms with Crippen LogP contribution in [0, 0.1) is 6.92 Å². The molecule has 1 aliphatic rings. The van der Waals surface area contributed by atoms with Gasteiger partial charge in [0.1, 0.15) is 18.9 Å². The van der Waals surface area contributed by atoms with Crippen molar-refractivity contribution in [1.82, 2.24) is 9.62 Å². The Labute approximate surface area is 240 Å². The van der Waals surface area contributed by atoms with Gasteiger partial charge in [0, 0.05) is 18.1 Å². The van der Waals surface area contributed by atoms with Crippen molar-refractivity contribution in [2.24, 2.45) is 0 Å². The third kappa shape index (κ3) is 7.14. The van der Waals surface area contributed by atoms with Crippen LogP contribution in [-0.2, 0) is 24.8 Å². The molecule has 3 aromatic rings. The van der Waals surface area contributed by atoms with Gasteiger partial charge in [-0.15, -0.1) is 0 Å². The number of sulfonamides is 2. The molecule has 1 N–H and O–H groups in total. The first kappa shape index (κ1) is 29.9. The molecule has 0 bridgehead atoms. The zero-order valence-corrected chi connectivity index (χ0v) is 24.5. The topological polar surface area (TPSA) is 113 Å². The van der Waals surface area contributed by atoms with Crippen molar-refractivity contribution in [3.05, 3.63) is 83.4 Å². The van der Waals surface area contributed by atoms with Crippen LogP contribution >= 0.6 is 11.6 Å². The van der Waals surface area contributed by atoms with Crippen molar-refractivity contribution in [2.45, 2.75) is 36.0 Å². The van der Waals surface area contributed by atoms with Gasteiger partial charge in [-0.1, -0.05) is 42.3 Å². The van der Waals surface area contributed by atoms with E-state index in [1.807, 2.05) is 0 Å². The molecule has 1 amide bonds. The molecule has 214 valence electrons. The smallest absolute Gasteiger partial charge is 0.264 e. The summed E-state index contributed by atoms with van der Waals surface area (Å²) >= 11 is 6.15. The summed E-state index contributed by atoms with van der Waals surface area (Å²) in [6.07, 6.45) is 2.76. The van der Waals surface area contributed by atoms with Gasteiger partial charge in [0.05, 0.1) is 22.0 Å². The zero-order valence-electron chi connectivity index (χ0n) is 22.1. The fourth-order valence-electron chi connectivity index (χ4n) is 4.38. The number of hydrogen-bond donors (Lipinski definition) is 1. The van der Waals surface area contributed by atoms with Gasteiger partial charge in [0.25, 0.3) is 10.0 Å². The maximum Gasteiger partial charge on any atom is 0.264 e. The van der Waals surface area contributed by atoms with Crippen LogP contribution in [0.15, 0.2) is 82.6 Å². The molecule has 40 heavy (non-hydrogen) atoms. The Balaban J connectivity index is 1.37. The van der Waals surface area contributed by atoms with Crippen LogP contribution < -0.4 is 14.4 Å². The van der Waals surface area contributed by atoms with Crippen molar-refractivity contribution < 1.29 is 26.4 Å². The first-order chi connectivity index (χ1) is 19.1. The van der Waals surface area contributed by atoms with Crippen molar-refractivity contribution in [3.8, 4) is 5.75 Å². The van der Waals surface area contributed by atoms with Gasteiger partial charge in [-0.25, -0.2) is 16.8 Å². The minimum Gasteiger partial charge on any atom is -0.492 e. The van der Waals surface area contributed by atoms with Gasteiger partial charge in [-0.3, -0.25) is 9.10 Å². The van der Waals surface area contributed by atoms with Crippen molar-refractivity contribution in [1.29, 1.82) is 0 Å². The quantitative estimate of drug-likeness (QED) is 0.328. The number of ether oxygens (including phenoxy) is 1. The number of nitrogens with zero attached hydrogens (tertiary/aromatic N) is 2. The Morgan fingerprint density at radius 2 is 1.60 bits per heavy atom. The van der Waals surface area contributed by atoms with Gasteiger partial charge >= 0.3 is 0 Å². The van der Waals surface area contributed by atoms with Crippen LogP contribution in [0.2, 0.25) is 5.02 Å². The lowest BCUT2D eigenvalue weighted by Crippen LogP contribution is -2.42. The van der Waals surface area contributed by atoms with Crippen LogP contribution in [0.4, 0.5) is 5.69 Å². The van der Waals surface area contributed by atoms with E-state index in [0.717, 1.165) is 23.6 Å². The van der Waals surface area contributed by atoms with Gasteiger partial charge in [-0.2, -0.15) is 4.31 Å². The van der Waals surface area contributed by atoms with Crippen molar-refractivity contribution >= 4 is 43.2 Å². The highest BCUT2D eigenvalue weighted by molar-refractivity contribution is 7.92. The minimum atomic E-state index is -4.06. The van der Waals surface area contributed by atoms with E-state index in [1.165, 1.54) is 34.6 Å². The van der Waals surface area contributed by atoms with E-state index in [0.29, 0.717) is 35.1 Å². The summed E-state index contributed by atoms with van der Waals surface area (Å²) in [4.78, 5) is 13.1. The molecule has 1 fully saturated rings. The van der Waals surface area contributed by atoms with E-state index in [-0.39, 0.29) is 22.9 Å². The minimum absolute atomic E-state index is 0.0521. The fourth-order valence-corrected chi connectivity index (χ4v) is 7.56. The van der Waals surface area contributed by atoms with Gasteiger partial charge in [0.2, 0.25) is 15.9 Å². The number of carbonyl (C=O) groups is 1. The molecule has 9 nitrogen and oxygen atoms in total. The molecule has 0 spiro atoms. The van der Waals surface area contributed by atoms with Gasteiger partial charge in [0.15, 0.2) is 0 Å².